The Balaban J connectivity index is 1.80. The SMILES string of the molecule is CCN1C(=O)CCCCOc2cc(F)ccc2CNC(=O)c2nc3n(c(=O)c2O)C[C@@H](OC)CC[C@H]31. The molecule has 2 aliphatic rings. The third-order valence-electron chi connectivity index (χ3n) is 6.72. The number of nitrogens with one attached hydrogen (secondary N) is 1. The Kier molecular flexibility index (Phi) is 7.88. The molecule has 0 fully saturated rings. The van der Waals surface area contributed by atoms with E-state index in [4.69, 9.17) is 9.47 Å². The minimum Gasteiger partial charge on any atom is -0.501 e. The molecule has 4 rings (SSSR count). The van der Waals surface area contributed by atoms with Gasteiger partial charge in [-0.25, -0.2) is 9.37 Å². The first-order valence-corrected chi connectivity index (χ1v) is 12.2. The van der Waals surface area contributed by atoms with Crippen molar-refractivity contribution in [3.63, 3.8) is 0 Å². The summed E-state index contributed by atoms with van der Waals surface area (Å²) in [5, 5.41) is 13.3. The van der Waals surface area contributed by atoms with Gasteiger partial charge in [-0.15, -0.1) is 0 Å². The van der Waals surface area contributed by atoms with Gasteiger partial charge in [0.25, 0.3) is 11.5 Å². The summed E-state index contributed by atoms with van der Waals surface area (Å²) in [4.78, 5) is 45.6. The molecule has 0 spiro atoms. The summed E-state index contributed by atoms with van der Waals surface area (Å²) in [7, 11) is 1.54. The first kappa shape index (κ1) is 25.6. The van der Waals surface area contributed by atoms with Gasteiger partial charge in [-0.1, -0.05) is 6.07 Å². The summed E-state index contributed by atoms with van der Waals surface area (Å²) in [5.74, 6) is -1.63. The molecule has 1 aromatic heterocycles. The summed E-state index contributed by atoms with van der Waals surface area (Å²) in [6.45, 7) is 2.63. The number of carbonyl (C=O) groups is 2. The molecule has 2 atom stereocenters. The fourth-order valence-corrected chi connectivity index (χ4v) is 4.75. The van der Waals surface area contributed by atoms with Crippen LogP contribution in [0.25, 0.3) is 0 Å². The summed E-state index contributed by atoms with van der Waals surface area (Å²) in [6.07, 6.45) is 2.13. The van der Waals surface area contributed by atoms with E-state index in [-0.39, 0.29) is 49.7 Å². The quantitative estimate of drug-likeness (QED) is 0.646. The van der Waals surface area contributed by atoms with Gasteiger partial charge in [0.2, 0.25) is 11.7 Å². The Morgan fingerprint density at radius 1 is 1.25 bits per heavy atom. The van der Waals surface area contributed by atoms with Crippen molar-refractivity contribution < 1.29 is 28.6 Å². The maximum Gasteiger partial charge on any atom is 0.296 e. The summed E-state index contributed by atoms with van der Waals surface area (Å²) in [5.41, 5.74) is -0.668. The molecule has 3 heterocycles. The molecule has 36 heavy (non-hydrogen) atoms. The van der Waals surface area contributed by atoms with Gasteiger partial charge in [-0.3, -0.25) is 19.0 Å². The second-order valence-corrected chi connectivity index (χ2v) is 8.95. The number of benzene rings is 1. The topological polar surface area (TPSA) is 123 Å². The molecule has 1 aromatic carbocycles. The fourth-order valence-electron chi connectivity index (χ4n) is 4.75. The third kappa shape index (κ3) is 5.20. The number of hydrogen-bond donors (Lipinski definition) is 2. The van der Waals surface area contributed by atoms with Gasteiger partial charge in [-0.2, -0.15) is 0 Å². The number of aromatic nitrogens is 2. The average Bonchev–Trinajstić information content (AvgIpc) is 3.05. The van der Waals surface area contributed by atoms with Crippen molar-refractivity contribution in [2.24, 2.45) is 0 Å². The summed E-state index contributed by atoms with van der Waals surface area (Å²) < 4.78 is 26.4. The van der Waals surface area contributed by atoms with Gasteiger partial charge in [0.05, 0.1) is 25.3 Å². The minimum absolute atomic E-state index is 0.0251. The summed E-state index contributed by atoms with van der Waals surface area (Å²) >= 11 is 0. The van der Waals surface area contributed by atoms with Gasteiger partial charge >= 0.3 is 0 Å². The normalized spacial score (nSPS) is 21.2. The van der Waals surface area contributed by atoms with E-state index in [9.17, 15) is 23.9 Å². The van der Waals surface area contributed by atoms with Crippen molar-refractivity contribution in [3.8, 4) is 11.5 Å². The molecule has 2 aliphatic heterocycles. The summed E-state index contributed by atoms with van der Waals surface area (Å²) in [6, 6.07) is 3.43. The second kappa shape index (κ2) is 11.1. The van der Waals surface area contributed by atoms with Crippen LogP contribution in [0, 0.1) is 5.82 Å². The number of halogens is 1. The molecular weight excluding hydrogens is 471 g/mol. The van der Waals surface area contributed by atoms with Crippen molar-refractivity contribution >= 4 is 11.8 Å². The Morgan fingerprint density at radius 2 is 2.06 bits per heavy atom. The lowest BCUT2D eigenvalue weighted by Gasteiger charge is -2.31. The van der Waals surface area contributed by atoms with E-state index in [1.54, 1.807) is 12.0 Å². The first-order chi connectivity index (χ1) is 17.3. The predicted octanol–water partition coefficient (Wildman–Crippen LogP) is 2.28. The van der Waals surface area contributed by atoms with Crippen LogP contribution in [0.2, 0.25) is 0 Å². The van der Waals surface area contributed by atoms with Crippen LogP contribution < -0.4 is 15.6 Å². The van der Waals surface area contributed by atoms with Crippen molar-refractivity contribution in [1.29, 1.82) is 0 Å². The van der Waals surface area contributed by atoms with Gasteiger partial charge in [0, 0.05) is 38.2 Å². The largest absolute Gasteiger partial charge is 0.501 e. The molecule has 0 aliphatic carbocycles. The van der Waals surface area contributed by atoms with Crippen LogP contribution in [0.4, 0.5) is 4.39 Å². The molecule has 2 bridgehead atoms. The average molecular weight is 503 g/mol. The maximum atomic E-state index is 13.8. The first-order valence-electron chi connectivity index (χ1n) is 12.2. The lowest BCUT2D eigenvalue weighted by atomic mass is 10.1. The van der Waals surface area contributed by atoms with Crippen molar-refractivity contribution in [3.05, 3.63) is 51.5 Å². The van der Waals surface area contributed by atoms with Crippen LogP contribution in [0.5, 0.6) is 11.5 Å². The van der Waals surface area contributed by atoms with Crippen LogP contribution in [-0.2, 0) is 22.6 Å². The molecule has 2 amide bonds. The van der Waals surface area contributed by atoms with Gasteiger partial charge in [0.15, 0.2) is 5.69 Å². The Bertz CT molecular complexity index is 1200. The molecule has 0 saturated carbocycles. The molecular formula is C25H31FN4O6. The molecule has 10 nitrogen and oxygen atoms in total. The van der Waals surface area contributed by atoms with Crippen molar-refractivity contribution in [1.82, 2.24) is 19.8 Å². The van der Waals surface area contributed by atoms with E-state index in [0.29, 0.717) is 37.8 Å². The van der Waals surface area contributed by atoms with Gasteiger partial charge < -0.3 is 24.8 Å². The van der Waals surface area contributed by atoms with E-state index in [1.165, 1.54) is 22.8 Å². The molecule has 11 heteroatoms. The van der Waals surface area contributed by atoms with Gasteiger partial charge in [-0.05, 0) is 38.7 Å². The highest BCUT2D eigenvalue weighted by Crippen LogP contribution is 2.31. The Morgan fingerprint density at radius 3 is 2.81 bits per heavy atom. The van der Waals surface area contributed by atoms with E-state index in [1.807, 2.05) is 6.92 Å². The maximum absolute atomic E-state index is 13.8. The highest BCUT2D eigenvalue weighted by molar-refractivity contribution is 5.94. The van der Waals surface area contributed by atoms with Crippen LogP contribution >= 0.6 is 0 Å². The highest BCUT2D eigenvalue weighted by Gasteiger charge is 2.34. The van der Waals surface area contributed by atoms with Crippen LogP contribution in [0.15, 0.2) is 23.0 Å². The number of nitrogens with zero attached hydrogens (tertiary/aromatic N) is 3. The zero-order chi connectivity index (χ0) is 25.8. The van der Waals surface area contributed by atoms with Gasteiger partial charge in [0.1, 0.15) is 17.4 Å². The molecule has 2 N–H and O–H groups in total. The monoisotopic (exact) mass is 502 g/mol. The van der Waals surface area contributed by atoms with E-state index >= 15 is 0 Å². The number of ether oxygens (including phenoxy) is 2. The number of carbonyl (C=O) groups excluding carboxylic acids is 2. The second-order valence-electron chi connectivity index (χ2n) is 8.95. The zero-order valence-electron chi connectivity index (χ0n) is 20.5. The standard InChI is InChI=1S/C25H31FN4O6/c1-3-29-18-10-9-17(35-2)14-30-23(18)28-21(22(32)25(30)34)24(33)27-13-15-7-8-16(26)12-19(15)36-11-5-4-6-20(29)31/h7-8,12,17-18,32H,3-6,9-11,13-14H2,1-2H3,(H,27,33)/t17-,18+/m0/s1. The number of methoxy groups -OCH3 is 1. The molecule has 2 aromatic rings. The zero-order valence-corrected chi connectivity index (χ0v) is 20.5. The van der Waals surface area contributed by atoms with Crippen molar-refractivity contribution in [2.45, 2.75) is 64.3 Å². The smallest absolute Gasteiger partial charge is 0.296 e. The number of amides is 2. The van der Waals surface area contributed by atoms with E-state index < -0.39 is 34.8 Å². The van der Waals surface area contributed by atoms with Crippen LogP contribution in [0.3, 0.4) is 0 Å². The lowest BCUT2D eigenvalue weighted by Crippen LogP contribution is -2.39. The Hall–Kier alpha value is -3.47. The number of rotatable bonds is 2. The van der Waals surface area contributed by atoms with Crippen LogP contribution in [-0.4, -0.2) is 57.7 Å². The van der Waals surface area contributed by atoms with E-state index in [2.05, 4.69) is 10.3 Å². The molecule has 0 unspecified atom stereocenters. The lowest BCUT2D eigenvalue weighted by molar-refractivity contribution is -0.134. The van der Waals surface area contributed by atoms with Crippen molar-refractivity contribution in [2.75, 3.05) is 20.3 Å². The molecule has 194 valence electrons. The fraction of sp³-hybridized carbons (Fsp3) is 0.520. The molecule has 0 saturated heterocycles. The van der Waals surface area contributed by atoms with E-state index in [0.717, 1.165) is 0 Å². The number of fused-ring (bicyclic) bond motifs is 2. The third-order valence-corrected chi connectivity index (χ3v) is 6.72. The predicted molar refractivity (Wildman–Crippen MR) is 127 cm³/mol. The highest BCUT2D eigenvalue weighted by atomic mass is 19.1. The number of hydrogen-bond acceptors (Lipinski definition) is 7. The van der Waals surface area contributed by atoms with Crippen LogP contribution in [0.1, 0.15) is 66.9 Å². The molecule has 0 radical (unpaired) electrons. The Labute approximate surface area is 208 Å². The minimum atomic E-state index is -0.780. The number of aromatic hydroxyl groups is 1.